The Morgan fingerprint density at radius 2 is 1.95 bits per heavy atom. The summed E-state index contributed by atoms with van der Waals surface area (Å²) in [5.74, 6) is 0.486. The molecule has 0 aliphatic heterocycles. The highest BCUT2D eigenvalue weighted by Crippen LogP contribution is 2.17. The molecule has 0 spiro atoms. The van der Waals surface area contributed by atoms with E-state index in [0.29, 0.717) is 23.9 Å². The van der Waals surface area contributed by atoms with Gasteiger partial charge in [-0.3, -0.25) is 0 Å². The Morgan fingerprint density at radius 1 is 1.26 bits per heavy atom. The molecule has 108 valence electrons. The number of sulfonamides is 1. The minimum absolute atomic E-state index is 0.379. The van der Waals surface area contributed by atoms with Crippen LogP contribution in [0.4, 0.5) is 0 Å². The fraction of sp³-hybridized carbons (Fsp3) is 0.571. The summed E-state index contributed by atoms with van der Waals surface area (Å²) in [7, 11) is -1.56. The zero-order chi connectivity index (χ0) is 14.5. The van der Waals surface area contributed by atoms with Crippen LogP contribution in [-0.4, -0.2) is 22.0 Å². The topological polar surface area (TPSA) is 58.2 Å². The standard InChI is InChI=1S/C14H24N2O2S/c1-11(2)7-8-16-19(17,18)14-9-13(10-15-4)6-5-12(14)3/h5-6,9,11,15-16H,7-8,10H2,1-4H3. The normalized spacial score (nSPS) is 12.1. The molecule has 19 heavy (non-hydrogen) atoms. The predicted molar refractivity (Wildman–Crippen MR) is 78.6 cm³/mol. The average Bonchev–Trinajstić information content (AvgIpc) is 2.31. The predicted octanol–water partition coefficient (Wildman–Crippen LogP) is 2.04. The molecule has 0 unspecified atom stereocenters. The molecular weight excluding hydrogens is 260 g/mol. The van der Waals surface area contributed by atoms with E-state index >= 15 is 0 Å². The van der Waals surface area contributed by atoms with E-state index in [-0.39, 0.29) is 0 Å². The number of benzene rings is 1. The molecule has 0 aliphatic carbocycles. The number of rotatable bonds is 7. The first kappa shape index (κ1) is 16.1. The maximum Gasteiger partial charge on any atom is 0.240 e. The largest absolute Gasteiger partial charge is 0.316 e. The minimum Gasteiger partial charge on any atom is -0.316 e. The van der Waals surface area contributed by atoms with Gasteiger partial charge < -0.3 is 5.32 Å². The van der Waals surface area contributed by atoms with Gasteiger partial charge in [-0.25, -0.2) is 13.1 Å². The summed E-state index contributed by atoms with van der Waals surface area (Å²) in [6, 6.07) is 5.53. The maximum absolute atomic E-state index is 12.3. The first-order valence-electron chi connectivity index (χ1n) is 6.60. The molecule has 2 N–H and O–H groups in total. The summed E-state index contributed by atoms with van der Waals surface area (Å²) in [6.45, 7) is 7.12. The number of aryl methyl sites for hydroxylation is 1. The van der Waals surface area contributed by atoms with Crippen LogP contribution in [0.1, 0.15) is 31.4 Å². The molecule has 0 amide bonds. The maximum atomic E-state index is 12.3. The van der Waals surface area contributed by atoms with E-state index in [1.54, 1.807) is 6.07 Å². The molecule has 0 heterocycles. The summed E-state index contributed by atoms with van der Waals surface area (Å²) < 4.78 is 27.2. The van der Waals surface area contributed by atoms with Crippen molar-refractivity contribution in [2.75, 3.05) is 13.6 Å². The molecule has 1 aromatic carbocycles. The van der Waals surface area contributed by atoms with Crippen LogP contribution in [0.5, 0.6) is 0 Å². The third kappa shape index (κ3) is 4.93. The van der Waals surface area contributed by atoms with Crippen molar-refractivity contribution in [3.05, 3.63) is 29.3 Å². The molecule has 0 saturated heterocycles. The molecule has 0 fully saturated rings. The zero-order valence-corrected chi connectivity index (χ0v) is 13.0. The molecule has 0 radical (unpaired) electrons. The van der Waals surface area contributed by atoms with Gasteiger partial charge >= 0.3 is 0 Å². The fourth-order valence-corrected chi connectivity index (χ4v) is 3.15. The Labute approximate surface area is 116 Å². The van der Waals surface area contributed by atoms with Gasteiger partial charge in [0.2, 0.25) is 10.0 Å². The van der Waals surface area contributed by atoms with E-state index in [2.05, 4.69) is 23.9 Å². The third-order valence-electron chi connectivity index (χ3n) is 2.94. The highest BCUT2D eigenvalue weighted by Gasteiger charge is 2.16. The quantitative estimate of drug-likeness (QED) is 0.805. The molecule has 0 aliphatic rings. The van der Waals surface area contributed by atoms with Gasteiger partial charge in [-0.2, -0.15) is 0 Å². The van der Waals surface area contributed by atoms with Crippen molar-refractivity contribution >= 4 is 10.0 Å². The van der Waals surface area contributed by atoms with Crippen molar-refractivity contribution in [3.8, 4) is 0 Å². The summed E-state index contributed by atoms with van der Waals surface area (Å²) in [5.41, 5.74) is 1.74. The fourth-order valence-electron chi connectivity index (χ4n) is 1.81. The van der Waals surface area contributed by atoms with Crippen LogP contribution in [0.2, 0.25) is 0 Å². The van der Waals surface area contributed by atoms with Crippen molar-refractivity contribution in [1.82, 2.24) is 10.0 Å². The Hall–Kier alpha value is -0.910. The summed E-state index contributed by atoms with van der Waals surface area (Å²) >= 11 is 0. The highest BCUT2D eigenvalue weighted by molar-refractivity contribution is 7.89. The van der Waals surface area contributed by atoms with Crippen molar-refractivity contribution < 1.29 is 8.42 Å². The van der Waals surface area contributed by atoms with E-state index in [9.17, 15) is 8.42 Å². The van der Waals surface area contributed by atoms with Gasteiger partial charge in [0.1, 0.15) is 0 Å². The van der Waals surface area contributed by atoms with Crippen molar-refractivity contribution in [2.45, 2.75) is 38.6 Å². The van der Waals surface area contributed by atoms with Gasteiger partial charge in [0.15, 0.2) is 0 Å². The molecule has 4 nitrogen and oxygen atoms in total. The van der Waals surface area contributed by atoms with Gasteiger partial charge in [-0.15, -0.1) is 0 Å². The second-order valence-corrected chi connectivity index (χ2v) is 6.95. The van der Waals surface area contributed by atoms with Gasteiger partial charge in [0, 0.05) is 13.1 Å². The second-order valence-electron chi connectivity index (χ2n) is 5.21. The van der Waals surface area contributed by atoms with Crippen LogP contribution in [-0.2, 0) is 16.6 Å². The molecule has 0 atom stereocenters. The number of hydrogen-bond donors (Lipinski definition) is 2. The molecule has 1 rings (SSSR count). The first-order valence-corrected chi connectivity index (χ1v) is 8.09. The number of hydrogen-bond acceptors (Lipinski definition) is 3. The first-order chi connectivity index (χ1) is 8.86. The lowest BCUT2D eigenvalue weighted by Crippen LogP contribution is -2.26. The molecular formula is C14H24N2O2S. The van der Waals surface area contributed by atoms with E-state index < -0.39 is 10.0 Å². The number of nitrogens with one attached hydrogen (secondary N) is 2. The van der Waals surface area contributed by atoms with Crippen LogP contribution in [0.3, 0.4) is 0 Å². The van der Waals surface area contributed by atoms with Crippen LogP contribution in [0.25, 0.3) is 0 Å². The van der Waals surface area contributed by atoms with E-state index in [1.165, 1.54) is 0 Å². The monoisotopic (exact) mass is 284 g/mol. The van der Waals surface area contributed by atoms with Gasteiger partial charge in [-0.1, -0.05) is 26.0 Å². The van der Waals surface area contributed by atoms with Crippen molar-refractivity contribution in [1.29, 1.82) is 0 Å². The Bertz CT molecular complexity index is 510. The SMILES string of the molecule is CNCc1ccc(C)c(S(=O)(=O)NCCC(C)C)c1. The summed E-state index contributed by atoms with van der Waals surface area (Å²) in [5, 5.41) is 3.02. The lowest BCUT2D eigenvalue weighted by molar-refractivity contribution is 0.551. The molecule has 0 saturated carbocycles. The molecule has 1 aromatic rings. The Balaban J connectivity index is 2.90. The average molecular weight is 284 g/mol. The van der Waals surface area contributed by atoms with Gasteiger partial charge in [0.05, 0.1) is 4.90 Å². The van der Waals surface area contributed by atoms with Gasteiger partial charge in [0.25, 0.3) is 0 Å². The third-order valence-corrected chi connectivity index (χ3v) is 4.54. The van der Waals surface area contributed by atoms with Crippen LogP contribution >= 0.6 is 0 Å². The smallest absolute Gasteiger partial charge is 0.240 e. The summed E-state index contributed by atoms with van der Waals surface area (Å²) in [6.07, 6.45) is 0.842. The zero-order valence-electron chi connectivity index (χ0n) is 12.2. The molecule has 0 aromatic heterocycles. The molecule has 0 bridgehead atoms. The van der Waals surface area contributed by atoms with Crippen LogP contribution in [0, 0.1) is 12.8 Å². The molecule has 5 heteroatoms. The van der Waals surface area contributed by atoms with E-state index in [4.69, 9.17) is 0 Å². The highest BCUT2D eigenvalue weighted by atomic mass is 32.2. The van der Waals surface area contributed by atoms with Crippen LogP contribution < -0.4 is 10.0 Å². The van der Waals surface area contributed by atoms with Crippen LogP contribution in [0.15, 0.2) is 23.1 Å². The summed E-state index contributed by atoms with van der Waals surface area (Å²) in [4.78, 5) is 0.379. The van der Waals surface area contributed by atoms with Crippen molar-refractivity contribution in [3.63, 3.8) is 0 Å². The van der Waals surface area contributed by atoms with Crippen molar-refractivity contribution in [2.24, 2.45) is 5.92 Å². The van der Waals surface area contributed by atoms with E-state index in [0.717, 1.165) is 17.5 Å². The minimum atomic E-state index is -3.41. The Kier molecular flexibility index (Phi) is 5.97. The lowest BCUT2D eigenvalue weighted by atomic mass is 10.1. The Morgan fingerprint density at radius 3 is 2.53 bits per heavy atom. The lowest BCUT2D eigenvalue weighted by Gasteiger charge is -2.12. The van der Waals surface area contributed by atoms with Gasteiger partial charge in [-0.05, 0) is 43.5 Å². The second kappa shape index (κ2) is 7.03. The van der Waals surface area contributed by atoms with E-state index in [1.807, 2.05) is 26.1 Å².